The summed E-state index contributed by atoms with van der Waals surface area (Å²) in [6.07, 6.45) is 5.48. The van der Waals surface area contributed by atoms with Crippen molar-refractivity contribution in [3.8, 4) is 0 Å². The Kier molecular flexibility index (Phi) is 7.55. The largest absolute Gasteiger partial charge is 0.320 e. The van der Waals surface area contributed by atoms with Gasteiger partial charge in [0.15, 0.2) is 0 Å². The first-order chi connectivity index (χ1) is 6.93. The van der Waals surface area contributed by atoms with Gasteiger partial charge in [0.25, 0.3) is 0 Å². The molecule has 1 saturated heterocycles. The van der Waals surface area contributed by atoms with Crippen molar-refractivity contribution in [1.82, 2.24) is 10.2 Å². The van der Waals surface area contributed by atoms with E-state index in [2.05, 4.69) is 22.0 Å². The van der Waals surface area contributed by atoms with Crippen molar-refractivity contribution >= 4 is 11.8 Å². The van der Waals surface area contributed by atoms with Crippen LogP contribution in [0, 0.1) is 0 Å². The maximum absolute atomic E-state index is 3.20. The number of nitrogens with one attached hydrogen (secondary N) is 1. The van der Waals surface area contributed by atoms with Crippen LogP contribution in [-0.2, 0) is 0 Å². The molecule has 1 heterocycles. The van der Waals surface area contributed by atoms with E-state index in [9.17, 15) is 0 Å². The van der Waals surface area contributed by atoms with Crippen molar-refractivity contribution in [3.05, 3.63) is 0 Å². The summed E-state index contributed by atoms with van der Waals surface area (Å²) < 4.78 is 0. The van der Waals surface area contributed by atoms with Gasteiger partial charge in [-0.3, -0.25) is 0 Å². The van der Waals surface area contributed by atoms with E-state index < -0.39 is 0 Å². The Morgan fingerprint density at radius 1 is 1.14 bits per heavy atom. The molecule has 14 heavy (non-hydrogen) atoms. The lowest BCUT2D eigenvalue weighted by molar-refractivity contribution is 0.288. The van der Waals surface area contributed by atoms with Gasteiger partial charge in [-0.2, -0.15) is 11.8 Å². The Balaban J connectivity index is 1.93. The summed E-state index contributed by atoms with van der Waals surface area (Å²) in [6, 6.07) is 0. The molecule has 0 aliphatic carbocycles. The minimum atomic E-state index is 1.18. The third kappa shape index (κ3) is 5.89. The van der Waals surface area contributed by atoms with Gasteiger partial charge in [0.1, 0.15) is 0 Å². The molecule has 1 aliphatic heterocycles. The van der Waals surface area contributed by atoms with Gasteiger partial charge in [0.2, 0.25) is 0 Å². The number of hydrogen-bond acceptors (Lipinski definition) is 3. The topological polar surface area (TPSA) is 15.3 Å². The fourth-order valence-corrected chi connectivity index (χ4v) is 2.76. The lowest BCUT2D eigenvalue weighted by Crippen LogP contribution is -2.27. The molecule has 0 aromatic rings. The Hall–Kier alpha value is 0.270. The van der Waals surface area contributed by atoms with E-state index in [0.29, 0.717) is 0 Å². The summed E-state index contributed by atoms with van der Waals surface area (Å²) in [7, 11) is 2.03. The number of thioether (sulfide) groups is 1. The Morgan fingerprint density at radius 3 is 2.93 bits per heavy atom. The van der Waals surface area contributed by atoms with Crippen molar-refractivity contribution in [1.29, 1.82) is 0 Å². The van der Waals surface area contributed by atoms with Crippen LogP contribution >= 0.6 is 11.8 Å². The van der Waals surface area contributed by atoms with Gasteiger partial charge in [0, 0.05) is 12.3 Å². The van der Waals surface area contributed by atoms with Gasteiger partial charge in [0.05, 0.1) is 0 Å². The predicted molar refractivity (Wildman–Crippen MR) is 66.2 cm³/mol. The van der Waals surface area contributed by atoms with Crippen LogP contribution in [0.25, 0.3) is 0 Å². The highest BCUT2D eigenvalue weighted by molar-refractivity contribution is 7.99. The Bertz CT molecular complexity index is 122. The molecule has 0 atom stereocenters. The van der Waals surface area contributed by atoms with Crippen LogP contribution in [0.2, 0.25) is 0 Å². The Labute approximate surface area is 92.8 Å². The van der Waals surface area contributed by atoms with Crippen molar-refractivity contribution in [3.63, 3.8) is 0 Å². The van der Waals surface area contributed by atoms with E-state index in [4.69, 9.17) is 0 Å². The molecule has 1 fully saturated rings. The molecular formula is C11H24N2S. The quantitative estimate of drug-likeness (QED) is 0.682. The molecule has 1 aliphatic rings. The maximum atomic E-state index is 3.20. The van der Waals surface area contributed by atoms with Crippen molar-refractivity contribution in [2.24, 2.45) is 0 Å². The van der Waals surface area contributed by atoms with Crippen LogP contribution in [0.5, 0.6) is 0 Å². The normalized spacial score (nSPS) is 19.5. The standard InChI is InChI=1S/C11H24N2S/c1-12-6-3-2-4-7-13-8-5-10-14-11-9-13/h12H,2-11H2,1H3. The smallest absolute Gasteiger partial charge is 0.00723 e. The van der Waals surface area contributed by atoms with Crippen LogP contribution in [0.1, 0.15) is 25.7 Å². The molecule has 0 unspecified atom stereocenters. The van der Waals surface area contributed by atoms with Crippen molar-refractivity contribution in [2.45, 2.75) is 25.7 Å². The predicted octanol–water partition coefficient (Wildman–Crippen LogP) is 1.81. The SMILES string of the molecule is CNCCCCCN1CCCSCC1. The summed E-state index contributed by atoms with van der Waals surface area (Å²) in [5.74, 6) is 2.72. The van der Waals surface area contributed by atoms with Gasteiger partial charge < -0.3 is 10.2 Å². The second-order valence-electron chi connectivity index (χ2n) is 3.97. The van der Waals surface area contributed by atoms with Gasteiger partial charge >= 0.3 is 0 Å². The molecule has 0 radical (unpaired) electrons. The first-order valence-corrected chi connectivity index (χ1v) is 7.03. The Morgan fingerprint density at radius 2 is 2.07 bits per heavy atom. The van der Waals surface area contributed by atoms with Crippen molar-refractivity contribution in [2.75, 3.05) is 44.7 Å². The number of nitrogens with zero attached hydrogens (tertiary/aromatic N) is 1. The van der Waals surface area contributed by atoms with Crippen LogP contribution in [0.15, 0.2) is 0 Å². The van der Waals surface area contributed by atoms with E-state index in [1.807, 2.05) is 7.05 Å². The number of rotatable bonds is 6. The highest BCUT2D eigenvalue weighted by Crippen LogP contribution is 2.10. The minimum absolute atomic E-state index is 1.18. The maximum Gasteiger partial charge on any atom is 0.00723 e. The van der Waals surface area contributed by atoms with Crippen molar-refractivity contribution < 1.29 is 0 Å². The van der Waals surface area contributed by atoms with Gasteiger partial charge in [-0.15, -0.1) is 0 Å². The van der Waals surface area contributed by atoms with E-state index in [1.54, 1.807) is 0 Å². The highest BCUT2D eigenvalue weighted by atomic mass is 32.2. The molecule has 2 nitrogen and oxygen atoms in total. The summed E-state index contributed by atoms with van der Waals surface area (Å²) in [5, 5.41) is 3.20. The van der Waals surface area contributed by atoms with Gasteiger partial charge in [-0.25, -0.2) is 0 Å². The number of hydrogen-bond donors (Lipinski definition) is 1. The van der Waals surface area contributed by atoms with Crippen LogP contribution in [0.3, 0.4) is 0 Å². The fourth-order valence-electron chi connectivity index (χ4n) is 1.84. The third-order valence-corrected chi connectivity index (χ3v) is 3.76. The van der Waals surface area contributed by atoms with Crippen LogP contribution in [-0.4, -0.2) is 49.6 Å². The van der Waals surface area contributed by atoms with E-state index in [-0.39, 0.29) is 0 Å². The monoisotopic (exact) mass is 216 g/mol. The molecule has 1 rings (SSSR count). The van der Waals surface area contributed by atoms with E-state index >= 15 is 0 Å². The van der Waals surface area contributed by atoms with Gasteiger partial charge in [-0.05, 0) is 51.7 Å². The summed E-state index contributed by atoms with van der Waals surface area (Å²) in [6.45, 7) is 5.15. The van der Waals surface area contributed by atoms with Gasteiger partial charge in [-0.1, -0.05) is 6.42 Å². The molecule has 84 valence electrons. The zero-order chi connectivity index (χ0) is 10.1. The zero-order valence-corrected chi connectivity index (χ0v) is 10.2. The second-order valence-corrected chi connectivity index (χ2v) is 5.20. The fraction of sp³-hybridized carbons (Fsp3) is 1.00. The molecule has 0 saturated carbocycles. The van der Waals surface area contributed by atoms with E-state index in [1.165, 1.54) is 63.4 Å². The zero-order valence-electron chi connectivity index (χ0n) is 9.43. The number of unbranched alkanes of at least 4 members (excludes halogenated alkanes) is 2. The second kappa shape index (κ2) is 8.57. The lowest BCUT2D eigenvalue weighted by Gasteiger charge is -2.18. The molecule has 0 spiro atoms. The third-order valence-electron chi connectivity index (χ3n) is 2.72. The minimum Gasteiger partial charge on any atom is -0.320 e. The summed E-state index contributed by atoms with van der Waals surface area (Å²) in [4.78, 5) is 2.64. The molecule has 3 heteroatoms. The van der Waals surface area contributed by atoms with E-state index in [0.717, 1.165) is 0 Å². The highest BCUT2D eigenvalue weighted by Gasteiger charge is 2.07. The summed E-state index contributed by atoms with van der Waals surface area (Å²) in [5.41, 5.74) is 0. The average Bonchev–Trinajstić information content (AvgIpc) is 2.46. The molecule has 0 aromatic heterocycles. The summed E-state index contributed by atoms with van der Waals surface area (Å²) >= 11 is 2.12. The molecule has 0 amide bonds. The van der Waals surface area contributed by atoms with Crippen LogP contribution < -0.4 is 5.32 Å². The molecule has 0 bridgehead atoms. The first-order valence-electron chi connectivity index (χ1n) is 5.88. The molecule has 0 aromatic carbocycles. The molecule has 1 N–H and O–H groups in total. The average molecular weight is 216 g/mol. The first kappa shape index (κ1) is 12.3. The molecular weight excluding hydrogens is 192 g/mol. The van der Waals surface area contributed by atoms with Crippen LogP contribution in [0.4, 0.5) is 0 Å². The lowest BCUT2D eigenvalue weighted by atomic mass is 10.2.